The summed E-state index contributed by atoms with van der Waals surface area (Å²) < 4.78 is 0. The lowest BCUT2D eigenvalue weighted by Crippen LogP contribution is -2.00. The highest BCUT2D eigenvalue weighted by atomic mass is 16.4. The molecule has 0 aliphatic carbocycles. The normalized spacial score (nSPS) is 10.9. The zero-order chi connectivity index (χ0) is 17.4. The molecule has 3 N–H and O–H groups in total. The van der Waals surface area contributed by atoms with Gasteiger partial charge in [0.25, 0.3) is 0 Å². The molecule has 0 radical (unpaired) electrons. The number of pyridine rings is 1. The smallest absolute Gasteiger partial charge is 0.339 e. The summed E-state index contributed by atoms with van der Waals surface area (Å²) in [7, 11) is 0. The number of hydrogen-bond donors (Lipinski definition) is 3. The van der Waals surface area contributed by atoms with Crippen LogP contribution in [0, 0.1) is 0 Å². The first kappa shape index (κ1) is 15.0. The lowest BCUT2D eigenvalue weighted by Gasteiger charge is -2.14. The summed E-state index contributed by atoms with van der Waals surface area (Å²) in [5.74, 6) is -1.44. The van der Waals surface area contributed by atoms with Crippen molar-refractivity contribution in [3.8, 4) is 5.75 Å². The molecule has 0 aliphatic heterocycles. The van der Waals surface area contributed by atoms with Gasteiger partial charge in [0.2, 0.25) is 0 Å². The van der Waals surface area contributed by atoms with Crippen LogP contribution < -0.4 is 5.32 Å². The van der Waals surface area contributed by atoms with Crippen molar-refractivity contribution in [2.24, 2.45) is 0 Å². The Bertz CT molecular complexity index is 1070. The Labute approximate surface area is 143 Å². The topological polar surface area (TPSA) is 82.5 Å². The van der Waals surface area contributed by atoms with Crippen molar-refractivity contribution in [1.29, 1.82) is 0 Å². The monoisotopic (exact) mass is 330 g/mol. The first-order valence-electron chi connectivity index (χ1n) is 7.74. The van der Waals surface area contributed by atoms with Crippen molar-refractivity contribution in [3.05, 3.63) is 72.3 Å². The number of fused-ring (bicyclic) bond motifs is 2. The van der Waals surface area contributed by atoms with E-state index < -0.39 is 5.97 Å². The van der Waals surface area contributed by atoms with Crippen molar-refractivity contribution in [1.82, 2.24) is 4.98 Å². The summed E-state index contributed by atoms with van der Waals surface area (Å²) in [6, 6.07) is 20.0. The van der Waals surface area contributed by atoms with E-state index in [1.165, 1.54) is 12.1 Å². The van der Waals surface area contributed by atoms with Gasteiger partial charge in [0.05, 0.1) is 16.7 Å². The molecule has 4 rings (SSSR count). The Balaban J connectivity index is 1.93. The summed E-state index contributed by atoms with van der Waals surface area (Å²) in [6.07, 6.45) is 0. The number of aromatic carboxylic acids is 1. The molecular weight excluding hydrogens is 316 g/mol. The minimum Gasteiger partial charge on any atom is -0.507 e. The second-order valence-corrected chi connectivity index (χ2v) is 5.68. The summed E-state index contributed by atoms with van der Waals surface area (Å²) in [4.78, 5) is 15.9. The summed E-state index contributed by atoms with van der Waals surface area (Å²) in [5.41, 5.74) is 2.98. The Morgan fingerprint density at radius 1 is 0.880 bits per heavy atom. The van der Waals surface area contributed by atoms with Gasteiger partial charge >= 0.3 is 5.97 Å². The van der Waals surface area contributed by atoms with Gasteiger partial charge in [-0.1, -0.05) is 36.4 Å². The predicted octanol–water partition coefficient (Wildman–Crippen LogP) is 4.54. The minimum absolute atomic E-state index is 0.146. The lowest BCUT2D eigenvalue weighted by molar-refractivity contribution is 0.0694. The molecule has 0 aliphatic rings. The molecule has 0 saturated heterocycles. The summed E-state index contributed by atoms with van der Waals surface area (Å²) >= 11 is 0. The highest BCUT2D eigenvalue weighted by Crippen LogP contribution is 2.33. The number of benzene rings is 3. The fraction of sp³-hybridized carbons (Fsp3) is 0. The van der Waals surface area contributed by atoms with Gasteiger partial charge in [0, 0.05) is 16.5 Å². The molecule has 0 amide bonds. The van der Waals surface area contributed by atoms with Crippen LogP contribution in [0.5, 0.6) is 5.75 Å². The van der Waals surface area contributed by atoms with Crippen LogP contribution in [0.15, 0.2) is 66.7 Å². The number of aromatic nitrogens is 1. The number of anilines is 2. The van der Waals surface area contributed by atoms with Crippen LogP contribution in [0.3, 0.4) is 0 Å². The first-order valence-corrected chi connectivity index (χ1v) is 7.74. The van der Waals surface area contributed by atoms with E-state index in [1.54, 1.807) is 6.07 Å². The summed E-state index contributed by atoms with van der Waals surface area (Å²) in [6.45, 7) is 0. The molecule has 4 aromatic rings. The van der Waals surface area contributed by atoms with Crippen LogP contribution >= 0.6 is 0 Å². The standard InChI is InChI=1S/C20H14N2O3/c23-18-10-9-12(11-15(18)20(24)25)21-19-13-5-1-3-7-16(13)22-17-8-4-2-6-14(17)19/h1-11,23H,(H,21,22)(H,24,25). The fourth-order valence-electron chi connectivity index (χ4n) is 2.90. The SMILES string of the molecule is O=C(O)c1cc(Nc2c3ccccc3nc3ccccc23)ccc1O. The molecule has 5 heteroatoms. The van der Waals surface area contributed by atoms with Crippen LogP contribution in [-0.2, 0) is 0 Å². The average molecular weight is 330 g/mol. The molecule has 1 heterocycles. The quantitative estimate of drug-likeness (QED) is 0.379. The van der Waals surface area contributed by atoms with Crippen LogP contribution in [0.4, 0.5) is 11.4 Å². The molecule has 0 atom stereocenters. The molecule has 0 unspecified atom stereocenters. The van der Waals surface area contributed by atoms with Crippen molar-refractivity contribution in [2.45, 2.75) is 0 Å². The molecule has 3 aromatic carbocycles. The second-order valence-electron chi connectivity index (χ2n) is 5.68. The lowest BCUT2D eigenvalue weighted by atomic mass is 10.1. The minimum atomic E-state index is -1.18. The summed E-state index contributed by atoms with van der Waals surface area (Å²) in [5, 5.41) is 24.1. The number of nitrogens with one attached hydrogen (secondary N) is 1. The molecular formula is C20H14N2O3. The van der Waals surface area contributed by atoms with Crippen LogP contribution in [0.1, 0.15) is 10.4 Å². The third-order valence-electron chi connectivity index (χ3n) is 4.08. The van der Waals surface area contributed by atoms with Gasteiger partial charge in [-0.3, -0.25) is 0 Å². The second kappa shape index (κ2) is 5.79. The van der Waals surface area contributed by atoms with Gasteiger partial charge in [-0.2, -0.15) is 0 Å². The van der Waals surface area contributed by atoms with Gasteiger partial charge in [-0.25, -0.2) is 9.78 Å². The number of carboxylic acids is 1. The van der Waals surface area contributed by atoms with E-state index in [0.29, 0.717) is 5.69 Å². The number of aromatic hydroxyl groups is 1. The number of para-hydroxylation sites is 2. The largest absolute Gasteiger partial charge is 0.507 e. The van der Waals surface area contributed by atoms with Crippen molar-refractivity contribution < 1.29 is 15.0 Å². The first-order chi connectivity index (χ1) is 12.1. The maximum absolute atomic E-state index is 11.3. The zero-order valence-corrected chi connectivity index (χ0v) is 13.1. The van der Waals surface area contributed by atoms with Crippen LogP contribution in [-0.4, -0.2) is 21.2 Å². The van der Waals surface area contributed by atoms with Gasteiger partial charge < -0.3 is 15.5 Å². The highest BCUT2D eigenvalue weighted by Gasteiger charge is 2.13. The average Bonchev–Trinajstić information content (AvgIpc) is 2.62. The van der Waals surface area contributed by atoms with E-state index >= 15 is 0 Å². The van der Waals surface area contributed by atoms with Gasteiger partial charge in [0.15, 0.2) is 0 Å². The van der Waals surface area contributed by atoms with Gasteiger partial charge in [0.1, 0.15) is 11.3 Å². The van der Waals surface area contributed by atoms with E-state index in [-0.39, 0.29) is 11.3 Å². The maximum atomic E-state index is 11.3. The van der Waals surface area contributed by atoms with E-state index in [9.17, 15) is 15.0 Å². The molecule has 122 valence electrons. The number of hydrogen-bond acceptors (Lipinski definition) is 4. The van der Waals surface area contributed by atoms with Crippen molar-refractivity contribution >= 4 is 39.1 Å². The molecule has 0 saturated carbocycles. The van der Waals surface area contributed by atoms with E-state index in [0.717, 1.165) is 27.5 Å². The molecule has 1 aromatic heterocycles. The number of carboxylic acid groups (broad SMARTS) is 1. The van der Waals surface area contributed by atoms with Gasteiger partial charge in [-0.15, -0.1) is 0 Å². The number of rotatable bonds is 3. The molecule has 0 fully saturated rings. The van der Waals surface area contributed by atoms with Gasteiger partial charge in [-0.05, 0) is 30.3 Å². The highest BCUT2D eigenvalue weighted by molar-refractivity contribution is 6.08. The van der Waals surface area contributed by atoms with Crippen molar-refractivity contribution in [3.63, 3.8) is 0 Å². The van der Waals surface area contributed by atoms with Crippen LogP contribution in [0.25, 0.3) is 21.8 Å². The number of carbonyl (C=O) groups is 1. The zero-order valence-electron chi connectivity index (χ0n) is 13.1. The van der Waals surface area contributed by atoms with Crippen LogP contribution in [0.2, 0.25) is 0 Å². The third kappa shape index (κ3) is 2.61. The Morgan fingerprint density at radius 2 is 1.48 bits per heavy atom. The van der Waals surface area contributed by atoms with E-state index in [1.807, 2.05) is 48.5 Å². The number of phenols is 1. The Kier molecular flexibility index (Phi) is 3.47. The Hall–Kier alpha value is -3.60. The number of nitrogens with zero attached hydrogens (tertiary/aromatic N) is 1. The third-order valence-corrected chi connectivity index (χ3v) is 4.08. The van der Waals surface area contributed by atoms with Crippen molar-refractivity contribution in [2.75, 3.05) is 5.32 Å². The molecule has 5 nitrogen and oxygen atoms in total. The molecule has 0 spiro atoms. The van der Waals surface area contributed by atoms with E-state index in [4.69, 9.17) is 0 Å². The Morgan fingerprint density at radius 3 is 2.08 bits per heavy atom. The molecule has 25 heavy (non-hydrogen) atoms. The maximum Gasteiger partial charge on any atom is 0.339 e. The van der Waals surface area contributed by atoms with E-state index in [2.05, 4.69) is 10.3 Å². The fourth-order valence-corrected chi connectivity index (χ4v) is 2.90. The predicted molar refractivity (Wildman–Crippen MR) is 97.6 cm³/mol. The molecule has 0 bridgehead atoms.